The molecule has 0 radical (unpaired) electrons. The van der Waals surface area contributed by atoms with Crippen LogP contribution in [0.25, 0.3) is 0 Å². The quantitative estimate of drug-likeness (QED) is 0.895. The molecule has 4 heteroatoms. The predicted octanol–water partition coefficient (Wildman–Crippen LogP) is 3.52. The maximum atomic E-state index is 12.1. The highest BCUT2D eigenvalue weighted by Crippen LogP contribution is 2.27. The van der Waals surface area contributed by atoms with Crippen LogP contribution in [0.3, 0.4) is 0 Å². The number of hydrogen-bond acceptors (Lipinski definition) is 3. The number of amides is 1. The SMILES string of the molecule is O=C(CC1CCSCC1)Nc1ccc2c(c1)CCCN2. The van der Waals surface area contributed by atoms with Gasteiger partial charge in [0, 0.05) is 24.3 Å². The average molecular weight is 290 g/mol. The molecule has 20 heavy (non-hydrogen) atoms. The molecule has 3 rings (SSSR count). The van der Waals surface area contributed by atoms with Crippen LogP contribution in [0.2, 0.25) is 0 Å². The lowest BCUT2D eigenvalue weighted by Gasteiger charge is -2.21. The van der Waals surface area contributed by atoms with Gasteiger partial charge in [-0.1, -0.05) is 0 Å². The Balaban J connectivity index is 1.58. The van der Waals surface area contributed by atoms with E-state index in [2.05, 4.69) is 22.8 Å². The molecule has 108 valence electrons. The molecular formula is C16H22N2OS. The first-order valence-electron chi connectivity index (χ1n) is 7.55. The second kappa shape index (κ2) is 6.53. The Morgan fingerprint density at radius 2 is 2.20 bits per heavy atom. The fourth-order valence-electron chi connectivity index (χ4n) is 2.98. The highest BCUT2D eigenvalue weighted by Gasteiger charge is 2.17. The van der Waals surface area contributed by atoms with Crippen LogP contribution in [0.15, 0.2) is 18.2 Å². The van der Waals surface area contributed by atoms with Crippen molar-refractivity contribution < 1.29 is 4.79 Å². The van der Waals surface area contributed by atoms with Crippen LogP contribution in [-0.4, -0.2) is 24.0 Å². The third-order valence-corrected chi connectivity index (χ3v) is 5.19. The second-order valence-corrected chi connectivity index (χ2v) is 6.94. The first-order valence-corrected chi connectivity index (χ1v) is 8.71. The molecule has 1 fully saturated rings. The van der Waals surface area contributed by atoms with E-state index in [0.717, 1.165) is 18.7 Å². The van der Waals surface area contributed by atoms with E-state index >= 15 is 0 Å². The van der Waals surface area contributed by atoms with E-state index in [4.69, 9.17) is 0 Å². The fourth-order valence-corrected chi connectivity index (χ4v) is 4.18. The van der Waals surface area contributed by atoms with Gasteiger partial charge < -0.3 is 10.6 Å². The molecule has 2 heterocycles. The maximum Gasteiger partial charge on any atom is 0.224 e. The molecule has 0 spiro atoms. The van der Waals surface area contributed by atoms with Gasteiger partial charge in [0.05, 0.1) is 0 Å². The van der Waals surface area contributed by atoms with Gasteiger partial charge in [0.15, 0.2) is 0 Å². The molecule has 2 aliphatic rings. The van der Waals surface area contributed by atoms with Crippen molar-refractivity contribution in [1.29, 1.82) is 0 Å². The van der Waals surface area contributed by atoms with Gasteiger partial charge >= 0.3 is 0 Å². The minimum absolute atomic E-state index is 0.172. The average Bonchev–Trinajstić information content (AvgIpc) is 2.48. The summed E-state index contributed by atoms with van der Waals surface area (Å²) < 4.78 is 0. The van der Waals surface area contributed by atoms with Crippen molar-refractivity contribution in [3.05, 3.63) is 23.8 Å². The summed E-state index contributed by atoms with van der Waals surface area (Å²) in [6.07, 6.45) is 5.32. The normalized spacial score (nSPS) is 19.0. The zero-order chi connectivity index (χ0) is 13.8. The first-order chi connectivity index (χ1) is 9.81. The molecular weight excluding hydrogens is 268 g/mol. The minimum Gasteiger partial charge on any atom is -0.385 e. The van der Waals surface area contributed by atoms with Crippen LogP contribution in [0.4, 0.5) is 11.4 Å². The van der Waals surface area contributed by atoms with Crippen molar-refractivity contribution in [3.63, 3.8) is 0 Å². The van der Waals surface area contributed by atoms with E-state index in [-0.39, 0.29) is 5.91 Å². The molecule has 0 aromatic heterocycles. The predicted molar refractivity (Wildman–Crippen MR) is 86.5 cm³/mol. The summed E-state index contributed by atoms with van der Waals surface area (Å²) in [5.41, 5.74) is 3.49. The summed E-state index contributed by atoms with van der Waals surface area (Å²) in [6.45, 7) is 1.05. The van der Waals surface area contributed by atoms with E-state index in [1.54, 1.807) is 0 Å². The molecule has 2 aliphatic heterocycles. The zero-order valence-electron chi connectivity index (χ0n) is 11.8. The third kappa shape index (κ3) is 3.48. The Morgan fingerprint density at radius 3 is 3.05 bits per heavy atom. The van der Waals surface area contributed by atoms with Crippen LogP contribution in [0.5, 0.6) is 0 Å². The molecule has 1 aromatic carbocycles. The zero-order valence-corrected chi connectivity index (χ0v) is 12.6. The Hall–Kier alpha value is -1.16. The third-order valence-electron chi connectivity index (χ3n) is 4.14. The van der Waals surface area contributed by atoms with Crippen molar-refractivity contribution in [1.82, 2.24) is 0 Å². The molecule has 1 amide bonds. The molecule has 2 N–H and O–H groups in total. The van der Waals surface area contributed by atoms with Gasteiger partial charge in [0.25, 0.3) is 0 Å². The molecule has 0 saturated carbocycles. The smallest absolute Gasteiger partial charge is 0.224 e. The largest absolute Gasteiger partial charge is 0.385 e. The number of carbonyl (C=O) groups excluding carboxylic acids is 1. The summed E-state index contributed by atoms with van der Waals surface area (Å²) in [5.74, 6) is 3.17. The Morgan fingerprint density at radius 1 is 1.35 bits per heavy atom. The van der Waals surface area contributed by atoms with Gasteiger partial charge in [-0.3, -0.25) is 4.79 Å². The van der Waals surface area contributed by atoms with Crippen LogP contribution in [0, 0.1) is 5.92 Å². The second-order valence-electron chi connectivity index (χ2n) is 5.71. The van der Waals surface area contributed by atoms with E-state index in [9.17, 15) is 4.79 Å². The van der Waals surface area contributed by atoms with Crippen LogP contribution >= 0.6 is 11.8 Å². The number of anilines is 2. The van der Waals surface area contributed by atoms with Crippen molar-refractivity contribution in [3.8, 4) is 0 Å². The first kappa shape index (κ1) is 13.8. The maximum absolute atomic E-state index is 12.1. The number of aryl methyl sites for hydroxylation is 1. The lowest BCUT2D eigenvalue weighted by atomic mass is 9.98. The number of benzene rings is 1. The van der Waals surface area contributed by atoms with E-state index in [1.165, 1.54) is 42.0 Å². The summed E-state index contributed by atoms with van der Waals surface area (Å²) in [4.78, 5) is 12.1. The van der Waals surface area contributed by atoms with Crippen LogP contribution in [0.1, 0.15) is 31.2 Å². The summed E-state index contributed by atoms with van der Waals surface area (Å²) >= 11 is 2.01. The molecule has 1 aromatic rings. The highest BCUT2D eigenvalue weighted by atomic mass is 32.2. The number of nitrogens with one attached hydrogen (secondary N) is 2. The molecule has 1 saturated heterocycles. The van der Waals surface area contributed by atoms with Crippen LogP contribution in [-0.2, 0) is 11.2 Å². The number of fused-ring (bicyclic) bond motifs is 1. The summed E-state index contributed by atoms with van der Waals surface area (Å²) in [5, 5.41) is 6.46. The van der Waals surface area contributed by atoms with Gasteiger partial charge in [-0.15, -0.1) is 0 Å². The van der Waals surface area contributed by atoms with Gasteiger partial charge in [0.1, 0.15) is 0 Å². The summed E-state index contributed by atoms with van der Waals surface area (Å²) in [6, 6.07) is 6.21. The molecule has 0 bridgehead atoms. The Labute approximate surface area is 124 Å². The Kier molecular flexibility index (Phi) is 4.51. The highest BCUT2D eigenvalue weighted by molar-refractivity contribution is 7.99. The fraction of sp³-hybridized carbons (Fsp3) is 0.562. The number of thioether (sulfide) groups is 1. The molecule has 3 nitrogen and oxygen atoms in total. The number of hydrogen-bond donors (Lipinski definition) is 2. The van der Waals surface area contributed by atoms with Crippen molar-refractivity contribution in [2.24, 2.45) is 5.92 Å². The van der Waals surface area contributed by atoms with E-state index < -0.39 is 0 Å². The topological polar surface area (TPSA) is 41.1 Å². The van der Waals surface area contributed by atoms with Crippen molar-refractivity contribution in [2.75, 3.05) is 28.7 Å². The lowest BCUT2D eigenvalue weighted by molar-refractivity contribution is -0.117. The van der Waals surface area contributed by atoms with Gasteiger partial charge in [-0.25, -0.2) is 0 Å². The standard InChI is InChI=1S/C16H22N2OS/c19-16(10-12-5-8-20-9-6-12)18-14-3-4-15-13(11-14)2-1-7-17-15/h3-4,11-12,17H,1-2,5-10H2,(H,18,19). The van der Waals surface area contributed by atoms with Gasteiger partial charge in [0.2, 0.25) is 5.91 Å². The van der Waals surface area contributed by atoms with Gasteiger partial charge in [-0.2, -0.15) is 11.8 Å². The minimum atomic E-state index is 0.172. The number of carbonyl (C=O) groups is 1. The van der Waals surface area contributed by atoms with Gasteiger partial charge in [-0.05, 0) is 66.9 Å². The molecule has 0 unspecified atom stereocenters. The molecule has 0 atom stereocenters. The number of rotatable bonds is 3. The molecule has 0 aliphatic carbocycles. The van der Waals surface area contributed by atoms with E-state index in [1.807, 2.05) is 17.8 Å². The summed E-state index contributed by atoms with van der Waals surface area (Å²) in [7, 11) is 0. The van der Waals surface area contributed by atoms with Crippen LogP contribution < -0.4 is 10.6 Å². The van der Waals surface area contributed by atoms with Crippen molar-refractivity contribution >= 4 is 29.0 Å². The van der Waals surface area contributed by atoms with Crippen molar-refractivity contribution in [2.45, 2.75) is 32.1 Å². The lowest BCUT2D eigenvalue weighted by Crippen LogP contribution is -2.20. The van der Waals surface area contributed by atoms with E-state index in [0.29, 0.717) is 12.3 Å². The Bertz CT molecular complexity index is 483. The monoisotopic (exact) mass is 290 g/mol.